The predicted octanol–water partition coefficient (Wildman–Crippen LogP) is 4.27. The molecule has 1 unspecified atom stereocenters. The van der Waals surface area contributed by atoms with Crippen LogP contribution in [-0.4, -0.2) is 13.1 Å². The SMILES string of the molecule is CNC(Cc1cccc(C)c1)Cc1ccc(F)c(Br)c1. The van der Waals surface area contributed by atoms with Gasteiger partial charge in [-0.1, -0.05) is 35.9 Å². The van der Waals surface area contributed by atoms with Crippen LogP contribution in [0.3, 0.4) is 0 Å². The second-order valence-corrected chi connectivity index (χ2v) is 5.99. The van der Waals surface area contributed by atoms with Crippen LogP contribution in [0, 0.1) is 12.7 Å². The van der Waals surface area contributed by atoms with Gasteiger partial charge in [-0.2, -0.15) is 0 Å². The van der Waals surface area contributed by atoms with E-state index in [1.54, 1.807) is 0 Å². The van der Waals surface area contributed by atoms with Crippen LogP contribution in [0.1, 0.15) is 16.7 Å². The zero-order valence-corrected chi connectivity index (χ0v) is 13.4. The van der Waals surface area contributed by atoms with E-state index in [1.807, 2.05) is 19.2 Å². The number of hydrogen-bond donors (Lipinski definition) is 1. The molecule has 2 rings (SSSR count). The van der Waals surface area contributed by atoms with Crippen molar-refractivity contribution in [3.63, 3.8) is 0 Å². The molecule has 2 aromatic rings. The zero-order chi connectivity index (χ0) is 14.5. The third-order valence-electron chi connectivity index (χ3n) is 3.44. The molecule has 3 heteroatoms. The van der Waals surface area contributed by atoms with E-state index < -0.39 is 0 Å². The third-order valence-corrected chi connectivity index (χ3v) is 4.05. The van der Waals surface area contributed by atoms with Gasteiger partial charge in [-0.3, -0.25) is 0 Å². The van der Waals surface area contributed by atoms with Crippen molar-refractivity contribution in [2.45, 2.75) is 25.8 Å². The van der Waals surface area contributed by atoms with Crippen LogP contribution in [0.25, 0.3) is 0 Å². The number of nitrogens with one attached hydrogen (secondary N) is 1. The molecular formula is C17H19BrFN. The maximum absolute atomic E-state index is 13.2. The summed E-state index contributed by atoms with van der Waals surface area (Å²) in [5.74, 6) is -0.214. The van der Waals surface area contributed by atoms with E-state index in [4.69, 9.17) is 0 Å². The number of halogens is 2. The Balaban J connectivity index is 2.07. The van der Waals surface area contributed by atoms with Gasteiger partial charge in [-0.25, -0.2) is 4.39 Å². The van der Waals surface area contributed by atoms with E-state index in [-0.39, 0.29) is 5.82 Å². The van der Waals surface area contributed by atoms with Crippen LogP contribution < -0.4 is 5.32 Å². The molecular weight excluding hydrogens is 317 g/mol. The minimum Gasteiger partial charge on any atom is -0.316 e. The molecule has 0 aliphatic carbocycles. The van der Waals surface area contributed by atoms with Crippen molar-refractivity contribution in [2.75, 3.05) is 7.05 Å². The van der Waals surface area contributed by atoms with E-state index in [1.165, 1.54) is 17.2 Å². The fourth-order valence-electron chi connectivity index (χ4n) is 2.35. The van der Waals surface area contributed by atoms with Crippen LogP contribution in [0.4, 0.5) is 4.39 Å². The van der Waals surface area contributed by atoms with Gasteiger partial charge in [0.25, 0.3) is 0 Å². The fourth-order valence-corrected chi connectivity index (χ4v) is 2.78. The summed E-state index contributed by atoms with van der Waals surface area (Å²) in [4.78, 5) is 0. The highest BCUT2D eigenvalue weighted by Gasteiger charge is 2.10. The standard InChI is InChI=1S/C17H19BrFN/c1-12-4-3-5-13(8-12)9-15(20-2)10-14-6-7-17(19)16(18)11-14/h3-8,11,15,20H,9-10H2,1-2H3. The second kappa shape index (κ2) is 7.00. The molecule has 0 heterocycles. The molecule has 1 atom stereocenters. The molecule has 0 aliphatic rings. The molecule has 106 valence electrons. The molecule has 0 fully saturated rings. The molecule has 2 aromatic carbocycles. The van der Waals surface area contributed by atoms with Gasteiger partial charge < -0.3 is 5.32 Å². The molecule has 0 spiro atoms. The lowest BCUT2D eigenvalue weighted by Gasteiger charge is -2.17. The largest absolute Gasteiger partial charge is 0.316 e. The van der Waals surface area contributed by atoms with Gasteiger partial charge in [-0.15, -0.1) is 0 Å². The van der Waals surface area contributed by atoms with Crippen molar-refractivity contribution in [1.82, 2.24) is 5.32 Å². The fraction of sp³-hybridized carbons (Fsp3) is 0.294. The highest BCUT2D eigenvalue weighted by atomic mass is 79.9. The Morgan fingerprint density at radius 2 is 1.80 bits per heavy atom. The summed E-state index contributed by atoms with van der Waals surface area (Å²) in [5, 5.41) is 3.34. The number of benzene rings is 2. The van der Waals surface area contributed by atoms with Crippen molar-refractivity contribution >= 4 is 15.9 Å². The molecule has 0 aliphatic heterocycles. The van der Waals surface area contributed by atoms with E-state index >= 15 is 0 Å². The normalized spacial score (nSPS) is 12.4. The summed E-state index contributed by atoms with van der Waals surface area (Å²) < 4.78 is 13.8. The van der Waals surface area contributed by atoms with Crippen LogP contribution in [0.15, 0.2) is 46.9 Å². The van der Waals surface area contributed by atoms with Gasteiger partial charge >= 0.3 is 0 Å². The Kier molecular flexibility index (Phi) is 5.32. The van der Waals surface area contributed by atoms with Crippen molar-refractivity contribution < 1.29 is 4.39 Å². The van der Waals surface area contributed by atoms with Gasteiger partial charge in [0.1, 0.15) is 5.82 Å². The Labute approximate surface area is 128 Å². The first-order valence-electron chi connectivity index (χ1n) is 6.75. The lowest BCUT2D eigenvalue weighted by atomic mass is 9.98. The summed E-state index contributed by atoms with van der Waals surface area (Å²) in [6.45, 7) is 2.11. The minimum atomic E-state index is -0.214. The quantitative estimate of drug-likeness (QED) is 0.860. The summed E-state index contributed by atoms with van der Waals surface area (Å²) in [6.07, 6.45) is 1.84. The zero-order valence-electron chi connectivity index (χ0n) is 11.8. The summed E-state index contributed by atoms with van der Waals surface area (Å²) >= 11 is 3.24. The van der Waals surface area contributed by atoms with Gasteiger partial charge in [0.2, 0.25) is 0 Å². The molecule has 0 saturated heterocycles. The number of likely N-dealkylation sites (N-methyl/N-ethyl adjacent to an activating group) is 1. The summed E-state index contributed by atoms with van der Waals surface area (Å²) in [5.41, 5.74) is 3.73. The smallest absolute Gasteiger partial charge is 0.137 e. The van der Waals surface area contributed by atoms with Gasteiger partial charge in [0.05, 0.1) is 4.47 Å². The Bertz CT molecular complexity index is 583. The first-order valence-corrected chi connectivity index (χ1v) is 7.54. The highest BCUT2D eigenvalue weighted by Crippen LogP contribution is 2.18. The summed E-state index contributed by atoms with van der Waals surface area (Å²) in [6, 6.07) is 14.1. The predicted molar refractivity (Wildman–Crippen MR) is 85.5 cm³/mol. The van der Waals surface area contributed by atoms with Crippen molar-refractivity contribution in [3.8, 4) is 0 Å². The molecule has 0 saturated carbocycles. The molecule has 0 radical (unpaired) electrons. The van der Waals surface area contributed by atoms with Crippen LogP contribution in [0.2, 0.25) is 0 Å². The van der Waals surface area contributed by atoms with E-state index in [9.17, 15) is 4.39 Å². The molecule has 0 bridgehead atoms. The van der Waals surface area contributed by atoms with Crippen molar-refractivity contribution in [1.29, 1.82) is 0 Å². The van der Waals surface area contributed by atoms with Gasteiger partial charge in [0.15, 0.2) is 0 Å². The van der Waals surface area contributed by atoms with Crippen molar-refractivity contribution in [3.05, 3.63) is 69.4 Å². The van der Waals surface area contributed by atoms with E-state index in [0.717, 1.165) is 18.4 Å². The maximum Gasteiger partial charge on any atom is 0.137 e. The molecule has 1 N–H and O–H groups in total. The number of hydrogen-bond acceptors (Lipinski definition) is 1. The second-order valence-electron chi connectivity index (χ2n) is 5.13. The van der Waals surface area contributed by atoms with E-state index in [0.29, 0.717) is 10.5 Å². The number of rotatable bonds is 5. The van der Waals surface area contributed by atoms with Crippen molar-refractivity contribution in [2.24, 2.45) is 0 Å². The lowest BCUT2D eigenvalue weighted by molar-refractivity contribution is 0.554. The highest BCUT2D eigenvalue weighted by molar-refractivity contribution is 9.10. The first-order chi connectivity index (χ1) is 9.58. The monoisotopic (exact) mass is 335 g/mol. The van der Waals surface area contributed by atoms with Crippen LogP contribution in [0.5, 0.6) is 0 Å². The average molecular weight is 336 g/mol. The topological polar surface area (TPSA) is 12.0 Å². The Morgan fingerprint density at radius 1 is 1.10 bits per heavy atom. The maximum atomic E-state index is 13.2. The molecule has 0 aromatic heterocycles. The van der Waals surface area contributed by atoms with E-state index in [2.05, 4.69) is 52.4 Å². The summed E-state index contributed by atoms with van der Waals surface area (Å²) in [7, 11) is 1.97. The average Bonchev–Trinajstić information content (AvgIpc) is 2.42. The molecule has 20 heavy (non-hydrogen) atoms. The first kappa shape index (κ1) is 15.2. The van der Waals surface area contributed by atoms with Crippen LogP contribution in [-0.2, 0) is 12.8 Å². The van der Waals surface area contributed by atoms with Gasteiger partial charge in [0, 0.05) is 6.04 Å². The number of aryl methyl sites for hydroxylation is 1. The van der Waals surface area contributed by atoms with Gasteiger partial charge in [-0.05, 0) is 66.0 Å². The third kappa shape index (κ3) is 4.15. The molecule has 1 nitrogen and oxygen atoms in total. The minimum absolute atomic E-state index is 0.214. The Morgan fingerprint density at radius 3 is 2.40 bits per heavy atom. The Hall–Kier alpha value is -1.19. The van der Waals surface area contributed by atoms with Crippen LogP contribution >= 0.6 is 15.9 Å². The lowest BCUT2D eigenvalue weighted by Crippen LogP contribution is -2.29. The molecule has 0 amide bonds.